The van der Waals surface area contributed by atoms with Crippen LogP contribution in [0.25, 0.3) is 5.65 Å². The van der Waals surface area contributed by atoms with Crippen molar-refractivity contribution in [2.45, 2.75) is 30.4 Å². The molecule has 3 N–H and O–H groups in total. The molecular formula is C13H16ClN3O2S. The minimum Gasteiger partial charge on any atom is -0.480 e. The summed E-state index contributed by atoms with van der Waals surface area (Å²) < 4.78 is 1.28. The van der Waals surface area contributed by atoms with Gasteiger partial charge >= 0.3 is 5.97 Å². The third kappa shape index (κ3) is 3.26. The van der Waals surface area contributed by atoms with Gasteiger partial charge in [-0.3, -0.25) is 4.79 Å². The van der Waals surface area contributed by atoms with E-state index in [-0.39, 0.29) is 0 Å². The van der Waals surface area contributed by atoms with E-state index < -0.39 is 16.8 Å². The van der Waals surface area contributed by atoms with Gasteiger partial charge in [0.1, 0.15) is 11.7 Å². The number of carboxylic acid groups (broad SMARTS) is 1. The zero-order chi connectivity index (χ0) is 14.9. The van der Waals surface area contributed by atoms with Crippen LogP contribution in [-0.4, -0.2) is 31.2 Å². The molecule has 2 aromatic rings. The molecule has 7 heteroatoms. The summed E-state index contributed by atoms with van der Waals surface area (Å²) in [7, 11) is 0. The quantitative estimate of drug-likeness (QED) is 0.886. The van der Waals surface area contributed by atoms with Gasteiger partial charge in [0.15, 0.2) is 0 Å². The topological polar surface area (TPSA) is 80.6 Å². The zero-order valence-corrected chi connectivity index (χ0v) is 12.8. The summed E-state index contributed by atoms with van der Waals surface area (Å²) in [5.74, 6) is -0.405. The Kier molecular flexibility index (Phi) is 4.27. The predicted molar refractivity (Wildman–Crippen MR) is 81.2 cm³/mol. The lowest BCUT2D eigenvalue weighted by atomic mass is 10.1. The number of rotatable bonds is 5. The van der Waals surface area contributed by atoms with Crippen LogP contribution in [0.15, 0.2) is 24.5 Å². The van der Waals surface area contributed by atoms with Gasteiger partial charge in [-0.1, -0.05) is 11.6 Å². The number of carboxylic acids is 1. The van der Waals surface area contributed by atoms with Crippen LogP contribution in [0.1, 0.15) is 19.5 Å². The standard InChI is InChI=1S/C13H16ClN3O2S/c1-13(2,11(15)12(18)19)20-7-9-6-17-5-8(14)3-4-10(17)16-9/h3-6,11H,7,15H2,1-2H3,(H,18,19)/t11-/m0/s1. The molecule has 2 aromatic heterocycles. The first kappa shape index (κ1) is 15.2. The molecular weight excluding hydrogens is 298 g/mol. The Balaban J connectivity index is 2.11. The average Bonchev–Trinajstić information content (AvgIpc) is 2.77. The number of pyridine rings is 1. The zero-order valence-electron chi connectivity index (χ0n) is 11.2. The first-order valence-electron chi connectivity index (χ1n) is 6.05. The number of carbonyl (C=O) groups is 1. The summed E-state index contributed by atoms with van der Waals surface area (Å²) in [4.78, 5) is 15.4. The van der Waals surface area contributed by atoms with Crippen molar-refractivity contribution < 1.29 is 9.90 Å². The van der Waals surface area contributed by atoms with E-state index >= 15 is 0 Å². The van der Waals surface area contributed by atoms with E-state index in [1.54, 1.807) is 12.3 Å². The molecule has 5 nitrogen and oxygen atoms in total. The Hall–Kier alpha value is -1.24. The molecule has 0 saturated carbocycles. The Morgan fingerprint density at radius 1 is 1.55 bits per heavy atom. The summed E-state index contributed by atoms with van der Waals surface area (Å²) >= 11 is 7.39. The average molecular weight is 314 g/mol. The predicted octanol–water partition coefficient (Wildman–Crippen LogP) is 2.41. The van der Waals surface area contributed by atoms with Crippen molar-refractivity contribution in [3.8, 4) is 0 Å². The van der Waals surface area contributed by atoms with E-state index in [0.29, 0.717) is 10.8 Å². The van der Waals surface area contributed by atoms with Crippen LogP contribution >= 0.6 is 23.4 Å². The molecule has 1 atom stereocenters. The number of aromatic nitrogens is 2. The molecule has 0 aromatic carbocycles. The van der Waals surface area contributed by atoms with Crippen molar-refractivity contribution in [1.29, 1.82) is 0 Å². The van der Waals surface area contributed by atoms with Crippen molar-refractivity contribution >= 4 is 35.0 Å². The highest BCUT2D eigenvalue weighted by molar-refractivity contribution is 7.99. The van der Waals surface area contributed by atoms with E-state index in [0.717, 1.165) is 11.3 Å². The number of nitrogens with zero attached hydrogens (tertiary/aromatic N) is 2. The van der Waals surface area contributed by atoms with Gasteiger partial charge in [0, 0.05) is 22.9 Å². The number of thioether (sulfide) groups is 1. The maximum absolute atomic E-state index is 11.0. The summed E-state index contributed by atoms with van der Waals surface area (Å²) in [5.41, 5.74) is 7.36. The van der Waals surface area contributed by atoms with Crippen molar-refractivity contribution in [3.63, 3.8) is 0 Å². The van der Waals surface area contributed by atoms with Crippen molar-refractivity contribution in [1.82, 2.24) is 9.38 Å². The fourth-order valence-corrected chi connectivity index (χ4v) is 2.84. The van der Waals surface area contributed by atoms with Crippen LogP contribution in [0.2, 0.25) is 5.02 Å². The molecule has 0 aliphatic rings. The maximum atomic E-state index is 11.0. The van der Waals surface area contributed by atoms with Gasteiger partial charge < -0.3 is 15.2 Å². The number of aliphatic carboxylic acids is 1. The number of hydrogen-bond acceptors (Lipinski definition) is 4. The summed E-state index contributed by atoms with van der Waals surface area (Å²) in [6.45, 7) is 3.65. The smallest absolute Gasteiger partial charge is 0.321 e. The van der Waals surface area contributed by atoms with Crippen LogP contribution < -0.4 is 5.73 Å². The van der Waals surface area contributed by atoms with Crippen molar-refractivity contribution in [2.75, 3.05) is 0 Å². The SMILES string of the molecule is CC(C)(SCc1cn2cc(Cl)ccc2n1)[C@@H](N)C(=O)O. The van der Waals surface area contributed by atoms with Crippen LogP contribution in [0.5, 0.6) is 0 Å². The lowest BCUT2D eigenvalue weighted by Crippen LogP contribution is -2.46. The monoisotopic (exact) mass is 313 g/mol. The minimum atomic E-state index is -0.996. The molecule has 0 aliphatic carbocycles. The number of imidazole rings is 1. The highest BCUT2D eigenvalue weighted by Gasteiger charge is 2.32. The Morgan fingerprint density at radius 3 is 2.90 bits per heavy atom. The number of nitrogens with two attached hydrogens (primary N) is 1. The fourth-order valence-electron chi connectivity index (χ4n) is 1.73. The van der Waals surface area contributed by atoms with E-state index in [9.17, 15) is 4.79 Å². The van der Waals surface area contributed by atoms with Crippen LogP contribution in [0.4, 0.5) is 0 Å². The molecule has 20 heavy (non-hydrogen) atoms. The van der Waals surface area contributed by atoms with Gasteiger partial charge in [-0.15, -0.1) is 11.8 Å². The molecule has 0 fully saturated rings. The van der Waals surface area contributed by atoms with E-state index in [1.165, 1.54) is 11.8 Å². The van der Waals surface area contributed by atoms with Gasteiger partial charge in [0.25, 0.3) is 0 Å². The molecule has 2 heterocycles. The maximum Gasteiger partial charge on any atom is 0.321 e. The molecule has 0 radical (unpaired) electrons. The minimum absolute atomic E-state index is 0.570. The van der Waals surface area contributed by atoms with Gasteiger partial charge in [0.2, 0.25) is 0 Å². The molecule has 0 bridgehead atoms. The van der Waals surface area contributed by atoms with E-state index in [2.05, 4.69) is 4.98 Å². The molecule has 0 saturated heterocycles. The molecule has 2 rings (SSSR count). The molecule has 0 aliphatic heterocycles. The second-order valence-electron chi connectivity index (χ2n) is 5.05. The lowest BCUT2D eigenvalue weighted by molar-refractivity contribution is -0.139. The molecule has 0 amide bonds. The van der Waals surface area contributed by atoms with Gasteiger partial charge in [-0.05, 0) is 26.0 Å². The van der Waals surface area contributed by atoms with Crippen molar-refractivity contribution in [2.24, 2.45) is 5.73 Å². The fraction of sp³-hybridized carbons (Fsp3) is 0.385. The van der Waals surface area contributed by atoms with Gasteiger partial charge in [0.05, 0.1) is 10.7 Å². The summed E-state index contributed by atoms with van der Waals surface area (Å²) in [5, 5.41) is 9.63. The van der Waals surface area contributed by atoms with Crippen molar-refractivity contribution in [3.05, 3.63) is 35.2 Å². The number of hydrogen-bond donors (Lipinski definition) is 2. The normalized spacial score (nSPS) is 13.6. The summed E-state index contributed by atoms with van der Waals surface area (Å²) in [6.07, 6.45) is 3.67. The number of halogens is 1. The molecule has 0 unspecified atom stereocenters. The Morgan fingerprint density at radius 2 is 2.25 bits per heavy atom. The highest BCUT2D eigenvalue weighted by Crippen LogP contribution is 2.30. The first-order chi connectivity index (χ1) is 9.29. The number of fused-ring (bicyclic) bond motifs is 1. The van der Waals surface area contributed by atoms with E-state index in [4.69, 9.17) is 22.4 Å². The third-order valence-electron chi connectivity index (χ3n) is 3.07. The highest BCUT2D eigenvalue weighted by atomic mass is 35.5. The van der Waals surface area contributed by atoms with E-state index in [1.807, 2.05) is 30.5 Å². The van der Waals surface area contributed by atoms with Crippen LogP contribution in [-0.2, 0) is 10.5 Å². The Bertz CT molecular complexity index is 642. The third-order valence-corrected chi connectivity index (χ3v) is 4.73. The molecule has 0 spiro atoms. The first-order valence-corrected chi connectivity index (χ1v) is 7.41. The van der Waals surface area contributed by atoms with Gasteiger partial charge in [-0.2, -0.15) is 0 Å². The van der Waals surface area contributed by atoms with Crippen LogP contribution in [0, 0.1) is 0 Å². The van der Waals surface area contributed by atoms with Crippen LogP contribution in [0.3, 0.4) is 0 Å². The lowest BCUT2D eigenvalue weighted by Gasteiger charge is -2.27. The molecule has 108 valence electrons. The largest absolute Gasteiger partial charge is 0.480 e. The second-order valence-corrected chi connectivity index (χ2v) is 7.12. The second kappa shape index (κ2) is 5.63. The Labute approximate surface area is 126 Å². The van der Waals surface area contributed by atoms with Gasteiger partial charge in [-0.25, -0.2) is 4.98 Å². The summed E-state index contributed by atoms with van der Waals surface area (Å²) in [6, 6.07) is 2.70.